The lowest BCUT2D eigenvalue weighted by Crippen LogP contribution is -2.09. The molecule has 2 aromatic carbocycles. The first-order valence-corrected chi connectivity index (χ1v) is 11.4. The van der Waals surface area contributed by atoms with Crippen LogP contribution in [0.4, 0.5) is 4.39 Å². The summed E-state index contributed by atoms with van der Waals surface area (Å²) >= 11 is 0. The molecule has 0 amide bonds. The minimum atomic E-state index is -0.187. The summed E-state index contributed by atoms with van der Waals surface area (Å²) < 4.78 is 26.5. The number of hydrogen-bond acceptors (Lipinski definition) is 2. The van der Waals surface area contributed by atoms with Crippen molar-refractivity contribution in [3.63, 3.8) is 0 Å². The molecule has 0 atom stereocenters. The molecule has 3 rings (SSSR count). The van der Waals surface area contributed by atoms with E-state index in [1.165, 1.54) is 37.7 Å². The van der Waals surface area contributed by atoms with Gasteiger partial charge in [-0.05, 0) is 66.1 Å². The van der Waals surface area contributed by atoms with Gasteiger partial charge in [0.25, 0.3) is 0 Å². The predicted octanol–water partition coefficient (Wildman–Crippen LogP) is 7.51. The first-order chi connectivity index (χ1) is 14.2. The maximum absolute atomic E-state index is 14.9. The Hall–Kier alpha value is -2.03. The average Bonchev–Trinajstić information content (AvgIpc) is 2.74. The first-order valence-electron chi connectivity index (χ1n) is 11.4. The zero-order valence-electron chi connectivity index (χ0n) is 18.1. The summed E-state index contributed by atoms with van der Waals surface area (Å²) in [6, 6.07) is 10.0. The van der Waals surface area contributed by atoms with Gasteiger partial charge in [-0.3, -0.25) is 0 Å². The topological polar surface area (TPSA) is 18.5 Å². The number of rotatable bonds is 12. The quantitative estimate of drug-likeness (QED) is 0.344. The van der Waals surface area contributed by atoms with E-state index in [-0.39, 0.29) is 5.82 Å². The lowest BCUT2D eigenvalue weighted by atomic mass is 9.85. The van der Waals surface area contributed by atoms with Crippen molar-refractivity contribution in [1.29, 1.82) is 0 Å². The fourth-order valence-electron chi connectivity index (χ4n) is 4.00. The van der Waals surface area contributed by atoms with Crippen LogP contribution in [0.5, 0.6) is 11.5 Å². The molecule has 0 spiro atoms. The summed E-state index contributed by atoms with van der Waals surface area (Å²) in [5.74, 6) is 1.13. The molecule has 1 aliphatic rings. The number of hydrogen-bond donors (Lipinski definition) is 0. The van der Waals surface area contributed by atoms with Crippen molar-refractivity contribution in [1.82, 2.24) is 0 Å². The van der Waals surface area contributed by atoms with Crippen LogP contribution in [0.1, 0.15) is 76.3 Å². The molecule has 0 saturated carbocycles. The molecule has 0 aromatic heterocycles. The molecule has 0 heterocycles. The van der Waals surface area contributed by atoms with E-state index in [4.69, 9.17) is 9.47 Å². The highest BCUT2D eigenvalue weighted by atomic mass is 19.1. The standard InChI is InChI=1S/C26H35FO2/c1-3-5-7-8-9-10-18-28-21-12-14-22-20(19-21)11-13-24-23(22)15-16-25(26(24)27)29-17-6-4-2/h12,14-16,19H,3-11,13,17-18H2,1-2H3. The van der Waals surface area contributed by atoms with Gasteiger partial charge < -0.3 is 9.47 Å². The number of unbranched alkanes of at least 4 members (excludes halogenated alkanes) is 6. The van der Waals surface area contributed by atoms with Gasteiger partial charge in [0.1, 0.15) is 5.75 Å². The third kappa shape index (κ3) is 5.74. The Morgan fingerprint density at radius 1 is 0.759 bits per heavy atom. The molecular weight excluding hydrogens is 363 g/mol. The Balaban J connectivity index is 1.61. The third-order valence-corrected chi connectivity index (χ3v) is 5.74. The van der Waals surface area contributed by atoms with Crippen LogP contribution in [0.15, 0.2) is 30.3 Å². The Bertz CT molecular complexity index is 785. The molecule has 0 fully saturated rings. The van der Waals surface area contributed by atoms with Gasteiger partial charge in [-0.15, -0.1) is 0 Å². The maximum atomic E-state index is 14.9. The Morgan fingerprint density at radius 2 is 1.48 bits per heavy atom. The highest BCUT2D eigenvalue weighted by Gasteiger charge is 2.22. The molecule has 2 aromatic rings. The van der Waals surface area contributed by atoms with Gasteiger partial charge >= 0.3 is 0 Å². The number of fused-ring (bicyclic) bond motifs is 3. The molecule has 0 unspecified atom stereocenters. The molecule has 3 heteroatoms. The highest BCUT2D eigenvalue weighted by Crippen LogP contribution is 2.39. The van der Waals surface area contributed by atoms with Gasteiger partial charge in [-0.2, -0.15) is 0 Å². The first kappa shape index (κ1) is 21.7. The summed E-state index contributed by atoms with van der Waals surface area (Å²) in [7, 11) is 0. The maximum Gasteiger partial charge on any atom is 0.168 e. The van der Waals surface area contributed by atoms with Crippen LogP contribution in [-0.4, -0.2) is 13.2 Å². The summed E-state index contributed by atoms with van der Waals surface area (Å²) in [6.45, 7) is 5.69. The van der Waals surface area contributed by atoms with Gasteiger partial charge in [0, 0.05) is 0 Å². The van der Waals surface area contributed by atoms with Crippen LogP contribution in [-0.2, 0) is 12.8 Å². The van der Waals surface area contributed by atoms with E-state index in [0.717, 1.165) is 54.7 Å². The number of benzene rings is 2. The molecule has 0 N–H and O–H groups in total. The molecule has 0 saturated heterocycles. The fourth-order valence-corrected chi connectivity index (χ4v) is 4.00. The summed E-state index contributed by atoms with van der Waals surface area (Å²) in [6.07, 6.45) is 11.1. The van der Waals surface area contributed by atoms with Gasteiger partial charge in [-0.1, -0.05) is 64.5 Å². The van der Waals surface area contributed by atoms with Gasteiger partial charge in [0.05, 0.1) is 13.2 Å². The summed E-state index contributed by atoms with van der Waals surface area (Å²) in [5, 5.41) is 0. The van der Waals surface area contributed by atoms with Crippen molar-refractivity contribution < 1.29 is 13.9 Å². The van der Waals surface area contributed by atoms with Crippen molar-refractivity contribution in [2.24, 2.45) is 0 Å². The van der Waals surface area contributed by atoms with Gasteiger partial charge in [0.15, 0.2) is 11.6 Å². The second kappa shape index (κ2) is 11.2. The normalized spacial score (nSPS) is 12.4. The zero-order valence-corrected chi connectivity index (χ0v) is 18.1. The van der Waals surface area contributed by atoms with E-state index in [1.54, 1.807) is 6.07 Å². The molecule has 29 heavy (non-hydrogen) atoms. The predicted molar refractivity (Wildman–Crippen MR) is 119 cm³/mol. The molecule has 0 bridgehead atoms. The minimum Gasteiger partial charge on any atom is -0.494 e. The van der Waals surface area contributed by atoms with Crippen LogP contribution in [0.2, 0.25) is 0 Å². The summed E-state index contributed by atoms with van der Waals surface area (Å²) in [4.78, 5) is 0. The van der Waals surface area contributed by atoms with Crippen LogP contribution in [0.3, 0.4) is 0 Å². The molecule has 158 valence electrons. The lowest BCUT2D eigenvalue weighted by Gasteiger charge is -2.22. The van der Waals surface area contributed by atoms with Crippen molar-refractivity contribution in [2.75, 3.05) is 13.2 Å². The Morgan fingerprint density at radius 3 is 2.31 bits per heavy atom. The van der Waals surface area contributed by atoms with Crippen molar-refractivity contribution in [3.05, 3.63) is 47.3 Å². The smallest absolute Gasteiger partial charge is 0.168 e. The third-order valence-electron chi connectivity index (χ3n) is 5.74. The van der Waals surface area contributed by atoms with E-state index in [2.05, 4.69) is 26.0 Å². The van der Waals surface area contributed by atoms with Gasteiger partial charge in [0.2, 0.25) is 0 Å². The van der Waals surface area contributed by atoms with Crippen molar-refractivity contribution in [3.8, 4) is 22.6 Å². The molecule has 1 aliphatic carbocycles. The van der Waals surface area contributed by atoms with E-state index >= 15 is 0 Å². The van der Waals surface area contributed by atoms with E-state index in [1.807, 2.05) is 12.1 Å². The molecule has 0 aliphatic heterocycles. The number of ether oxygens (including phenoxy) is 2. The average molecular weight is 399 g/mol. The molecule has 2 nitrogen and oxygen atoms in total. The highest BCUT2D eigenvalue weighted by molar-refractivity contribution is 5.75. The van der Waals surface area contributed by atoms with Crippen LogP contribution in [0, 0.1) is 5.82 Å². The molecule has 0 radical (unpaired) electrons. The van der Waals surface area contributed by atoms with Crippen molar-refractivity contribution in [2.45, 2.75) is 78.1 Å². The van der Waals surface area contributed by atoms with Gasteiger partial charge in [-0.25, -0.2) is 4.39 Å². The fraction of sp³-hybridized carbons (Fsp3) is 0.538. The van der Waals surface area contributed by atoms with Crippen LogP contribution < -0.4 is 9.47 Å². The Labute approximate surface area is 175 Å². The zero-order chi connectivity index (χ0) is 20.5. The molecular formula is C26H35FO2. The summed E-state index contributed by atoms with van der Waals surface area (Å²) in [5.41, 5.74) is 4.15. The van der Waals surface area contributed by atoms with Crippen molar-refractivity contribution >= 4 is 0 Å². The SMILES string of the molecule is CCCCCCCCOc1ccc2c(c1)CCc1c-2ccc(OCCCC)c1F. The second-order valence-corrected chi connectivity index (χ2v) is 8.04. The number of aryl methyl sites for hydroxylation is 1. The van der Waals surface area contributed by atoms with Crippen LogP contribution >= 0.6 is 0 Å². The van der Waals surface area contributed by atoms with E-state index < -0.39 is 0 Å². The second-order valence-electron chi connectivity index (χ2n) is 8.04. The number of halogens is 1. The van der Waals surface area contributed by atoms with Crippen LogP contribution in [0.25, 0.3) is 11.1 Å². The monoisotopic (exact) mass is 398 g/mol. The lowest BCUT2D eigenvalue weighted by molar-refractivity contribution is 0.293. The Kier molecular flexibility index (Phi) is 8.39. The van der Waals surface area contributed by atoms with E-state index in [0.29, 0.717) is 18.8 Å². The minimum absolute atomic E-state index is 0.187. The van der Waals surface area contributed by atoms with E-state index in [9.17, 15) is 4.39 Å². The largest absolute Gasteiger partial charge is 0.494 e.